The van der Waals surface area contributed by atoms with E-state index in [2.05, 4.69) is 4.98 Å². The molecule has 0 aliphatic rings. The SMILES string of the molecule is CC(N)C(O)c1cccc(C(F)F)n1. The smallest absolute Gasteiger partial charge is 0.280 e. The summed E-state index contributed by atoms with van der Waals surface area (Å²) in [6.45, 7) is 1.58. The van der Waals surface area contributed by atoms with E-state index in [1.807, 2.05) is 0 Å². The second-order valence-corrected chi connectivity index (χ2v) is 3.09. The first-order valence-corrected chi connectivity index (χ1v) is 4.21. The largest absolute Gasteiger partial charge is 0.385 e. The normalized spacial score (nSPS) is 15.6. The van der Waals surface area contributed by atoms with Gasteiger partial charge in [-0.2, -0.15) is 0 Å². The van der Waals surface area contributed by atoms with Gasteiger partial charge in [0.05, 0.1) is 5.69 Å². The summed E-state index contributed by atoms with van der Waals surface area (Å²) in [4.78, 5) is 3.61. The van der Waals surface area contributed by atoms with E-state index in [1.54, 1.807) is 6.92 Å². The predicted octanol–water partition coefficient (Wildman–Crippen LogP) is 1.40. The van der Waals surface area contributed by atoms with Crippen LogP contribution in [0, 0.1) is 0 Å². The molecule has 1 aromatic heterocycles. The first-order chi connectivity index (χ1) is 6.52. The molecule has 1 rings (SSSR count). The number of aliphatic hydroxyl groups excluding tert-OH is 1. The Balaban J connectivity index is 2.93. The van der Waals surface area contributed by atoms with Gasteiger partial charge in [0.25, 0.3) is 6.43 Å². The number of aromatic nitrogens is 1. The highest BCUT2D eigenvalue weighted by molar-refractivity contribution is 5.14. The van der Waals surface area contributed by atoms with Crippen LogP contribution in [0.15, 0.2) is 18.2 Å². The molecule has 2 atom stereocenters. The third kappa shape index (κ3) is 2.46. The zero-order valence-electron chi connectivity index (χ0n) is 7.69. The molecular weight excluding hydrogens is 190 g/mol. The van der Waals surface area contributed by atoms with E-state index in [0.29, 0.717) is 0 Å². The number of aliphatic hydroxyl groups is 1. The van der Waals surface area contributed by atoms with Crippen LogP contribution in [0.1, 0.15) is 30.8 Å². The molecule has 14 heavy (non-hydrogen) atoms. The van der Waals surface area contributed by atoms with Gasteiger partial charge in [-0.3, -0.25) is 0 Å². The molecule has 3 nitrogen and oxygen atoms in total. The van der Waals surface area contributed by atoms with Gasteiger partial charge in [-0.25, -0.2) is 13.8 Å². The second kappa shape index (κ2) is 4.43. The highest BCUT2D eigenvalue weighted by Gasteiger charge is 2.16. The van der Waals surface area contributed by atoms with Crippen LogP contribution in [0.5, 0.6) is 0 Å². The number of rotatable bonds is 3. The molecule has 5 heteroatoms. The van der Waals surface area contributed by atoms with Crippen LogP contribution in [0.4, 0.5) is 8.78 Å². The number of nitrogens with two attached hydrogens (primary N) is 1. The van der Waals surface area contributed by atoms with Gasteiger partial charge < -0.3 is 10.8 Å². The Morgan fingerprint density at radius 1 is 1.36 bits per heavy atom. The Labute approximate surface area is 80.6 Å². The Morgan fingerprint density at radius 3 is 2.43 bits per heavy atom. The van der Waals surface area contributed by atoms with E-state index in [1.165, 1.54) is 18.2 Å². The standard InChI is InChI=1S/C9H12F2N2O/c1-5(12)8(14)6-3-2-4-7(13-6)9(10)11/h2-5,8-9,14H,12H2,1H3. The maximum atomic E-state index is 12.2. The lowest BCUT2D eigenvalue weighted by molar-refractivity contribution is 0.135. The summed E-state index contributed by atoms with van der Waals surface area (Å²) < 4.78 is 24.5. The Morgan fingerprint density at radius 2 is 1.93 bits per heavy atom. The van der Waals surface area contributed by atoms with Crippen molar-refractivity contribution in [1.29, 1.82) is 0 Å². The molecule has 0 aliphatic heterocycles. The van der Waals surface area contributed by atoms with E-state index in [0.717, 1.165) is 0 Å². The van der Waals surface area contributed by atoms with Crippen molar-refractivity contribution in [3.63, 3.8) is 0 Å². The van der Waals surface area contributed by atoms with Crippen molar-refractivity contribution in [2.45, 2.75) is 25.5 Å². The quantitative estimate of drug-likeness (QED) is 0.778. The third-order valence-electron chi connectivity index (χ3n) is 1.82. The van der Waals surface area contributed by atoms with Gasteiger partial charge in [0.1, 0.15) is 11.8 Å². The average molecular weight is 202 g/mol. The molecule has 0 spiro atoms. The fraction of sp³-hybridized carbons (Fsp3) is 0.444. The topological polar surface area (TPSA) is 59.1 Å². The molecule has 1 heterocycles. The van der Waals surface area contributed by atoms with Crippen LogP contribution < -0.4 is 5.73 Å². The Hall–Kier alpha value is -1.07. The summed E-state index contributed by atoms with van der Waals surface area (Å²) in [5.41, 5.74) is 5.25. The lowest BCUT2D eigenvalue weighted by Crippen LogP contribution is -2.25. The third-order valence-corrected chi connectivity index (χ3v) is 1.82. The second-order valence-electron chi connectivity index (χ2n) is 3.09. The summed E-state index contributed by atoms with van der Waals surface area (Å²) in [6.07, 6.45) is -3.64. The first kappa shape index (κ1) is 11.0. The van der Waals surface area contributed by atoms with Gasteiger partial charge >= 0.3 is 0 Å². The van der Waals surface area contributed by atoms with E-state index < -0.39 is 18.6 Å². The predicted molar refractivity (Wildman–Crippen MR) is 47.8 cm³/mol. The Kier molecular flexibility index (Phi) is 3.49. The number of alkyl halides is 2. The molecule has 0 radical (unpaired) electrons. The minimum absolute atomic E-state index is 0.179. The molecule has 0 aromatic carbocycles. The summed E-state index contributed by atoms with van der Waals surface area (Å²) in [7, 11) is 0. The lowest BCUT2D eigenvalue weighted by atomic mass is 10.1. The lowest BCUT2D eigenvalue weighted by Gasteiger charge is -2.14. The van der Waals surface area contributed by atoms with Crippen molar-refractivity contribution < 1.29 is 13.9 Å². The number of hydrogen-bond acceptors (Lipinski definition) is 3. The van der Waals surface area contributed by atoms with Crippen LogP contribution >= 0.6 is 0 Å². The maximum Gasteiger partial charge on any atom is 0.280 e. The van der Waals surface area contributed by atoms with Crippen molar-refractivity contribution >= 4 is 0 Å². The minimum Gasteiger partial charge on any atom is -0.385 e. The first-order valence-electron chi connectivity index (χ1n) is 4.21. The van der Waals surface area contributed by atoms with Crippen LogP contribution in [-0.4, -0.2) is 16.1 Å². The monoisotopic (exact) mass is 202 g/mol. The summed E-state index contributed by atoms with van der Waals surface area (Å²) in [5.74, 6) is 0. The molecule has 0 aliphatic carbocycles. The van der Waals surface area contributed by atoms with E-state index in [4.69, 9.17) is 5.73 Å². The molecule has 1 aromatic rings. The van der Waals surface area contributed by atoms with Crippen molar-refractivity contribution in [3.8, 4) is 0 Å². The fourth-order valence-electron chi connectivity index (χ4n) is 1.02. The summed E-state index contributed by atoms with van der Waals surface area (Å²) in [5, 5.41) is 9.47. The molecule has 78 valence electrons. The maximum absolute atomic E-state index is 12.2. The fourth-order valence-corrected chi connectivity index (χ4v) is 1.02. The van der Waals surface area contributed by atoms with Gasteiger partial charge in [0, 0.05) is 6.04 Å². The molecule has 0 bridgehead atoms. The summed E-state index contributed by atoms with van der Waals surface area (Å²) >= 11 is 0. The van der Waals surface area contributed by atoms with Crippen LogP contribution in [0.3, 0.4) is 0 Å². The molecular formula is C9H12F2N2O. The number of hydrogen-bond donors (Lipinski definition) is 2. The number of halogens is 2. The number of nitrogens with zero attached hydrogens (tertiary/aromatic N) is 1. The molecule has 3 N–H and O–H groups in total. The van der Waals surface area contributed by atoms with Crippen LogP contribution in [0.2, 0.25) is 0 Å². The Bertz CT molecular complexity index is 305. The molecule has 0 fully saturated rings. The van der Waals surface area contributed by atoms with Crippen LogP contribution in [0.25, 0.3) is 0 Å². The molecule has 0 saturated carbocycles. The van der Waals surface area contributed by atoms with E-state index >= 15 is 0 Å². The van der Waals surface area contributed by atoms with Crippen molar-refractivity contribution in [1.82, 2.24) is 4.98 Å². The zero-order valence-corrected chi connectivity index (χ0v) is 7.69. The van der Waals surface area contributed by atoms with Crippen molar-refractivity contribution in [2.24, 2.45) is 5.73 Å². The molecule has 0 saturated heterocycles. The molecule has 0 amide bonds. The van der Waals surface area contributed by atoms with E-state index in [9.17, 15) is 13.9 Å². The minimum atomic E-state index is -2.63. The van der Waals surface area contributed by atoms with Gasteiger partial charge in [-0.15, -0.1) is 0 Å². The highest BCUT2D eigenvalue weighted by atomic mass is 19.3. The van der Waals surface area contributed by atoms with Gasteiger partial charge in [-0.1, -0.05) is 6.07 Å². The van der Waals surface area contributed by atoms with Gasteiger partial charge in [0.15, 0.2) is 0 Å². The highest BCUT2D eigenvalue weighted by Crippen LogP contribution is 2.19. The van der Waals surface area contributed by atoms with Crippen LogP contribution in [-0.2, 0) is 0 Å². The molecule has 2 unspecified atom stereocenters. The summed E-state index contributed by atoms with van der Waals surface area (Å²) in [6, 6.07) is 3.58. The van der Waals surface area contributed by atoms with E-state index in [-0.39, 0.29) is 11.4 Å². The van der Waals surface area contributed by atoms with Gasteiger partial charge in [0.2, 0.25) is 0 Å². The van der Waals surface area contributed by atoms with Gasteiger partial charge in [-0.05, 0) is 19.1 Å². The average Bonchev–Trinajstić information content (AvgIpc) is 2.16. The zero-order chi connectivity index (χ0) is 10.7. The van der Waals surface area contributed by atoms with Crippen molar-refractivity contribution in [3.05, 3.63) is 29.6 Å². The number of pyridine rings is 1. The van der Waals surface area contributed by atoms with Crippen molar-refractivity contribution in [2.75, 3.05) is 0 Å².